The average molecular weight is 358 g/mol. The Morgan fingerprint density at radius 1 is 1.24 bits per heavy atom. The molecule has 2 aliphatic rings. The molecule has 132 valence electrons. The van der Waals surface area contributed by atoms with Gasteiger partial charge in [0.15, 0.2) is 9.84 Å². The Bertz CT molecular complexity index is 966. The third-order valence-electron chi connectivity index (χ3n) is 5.21. The molecule has 5 nitrogen and oxygen atoms in total. The Morgan fingerprint density at radius 2 is 2.04 bits per heavy atom. The molecule has 4 rings (SSSR count). The smallest absolute Gasteiger partial charge is 0.252 e. The molecular weight excluding hydrogens is 336 g/mol. The van der Waals surface area contributed by atoms with Gasteiger partial charge in [-0.2, -0.15) is 0 Å². The number of amides is 1. The van der Waals surface area contributed by atoms with E-state index in [9.17, 15) is 13.2 Å². The van der Waals surface area contributed by atoms with E-state index in [1.807, 2.05) is 25.1 Å². The molecule has 25 heavy (non-hydrogen) atoms. The highest BCUT2D eigenvalue weighted by molar-refractivity contribution is 7.91. The minimum atomic E-state index is -3.02. The Morgan fingerprint density at radius 3 is 2.80 bits per heavy atom. The fourth-order valence-corrected chi connectivity index (χ4v) is 5.64. The van der Waals surface area contributed by atoms with Gasteiger partial charge in [0, 0.05) is 17.1 Å². The molecule has 1 aliphatic heterocycles. The van der Waals surface area contributed by atoms with Gasteiger partial charge in [0.2, 0.25) is 0 Å². The number of aryl methyl sites for hydroxylation is 2. The lowest BCUT2D eigenvalue weighted by Crippen LogP contribution is -2.36. The molecule has 6 heteroatoms. The molecule has 1 N–H and O–H groups in total. The number of rotatable bonds is 2. The highest BCUT2D eigenvalue weighted by Crippen LogP contribution is 2.30. The number of benzene rings is 1. The molecule has 0 saturated carbocycles. The number of carbonyl (C=O) groups is 1. The Kier molecular flexibility index (Phi) is 4.02. The van der Waals surface area contributed by atoms with Gasteiger partial charge in [-0.1, -0.05) is 11.6 Å². The molecule has 0 radical (unpaired) electrons. The summed E-state index contributed by atoms with van der Waals surface area (Å²) in [5.41, 5.74) is 4.69. The second kappa shape index (κ2) is 6.09. The Hall–Kier alpha value is -1.95. The van der Waals surface area contributed by atoms with Crippen molar-refractivity contribution in [3.05, 3.63) is 40.6 Å². The van der Waals surface area contributed by atoms with Gasteiger partial charge in [0.25, 0.3) is 5.91 Å². The minimum Gasteiger partial charge on any atom is -0.348 e. The molecule has 1 aliphatic carbocycles. The van der Waals surface area contributed by atoms with E-state index in [-0.39, 0.29) is 23.5 Å². The normalized spacial score (nSPS) is 21.9. The topological polar surface area (TPSA) is 76.1 Å². The van der Waals surface area contributed by atoms with Crippen LogP contribution in [0.3, 0.4) is 0 Å². The highest BCUT2D eigenvalue weighted by atomic mass is 32.2. The molecule has 1 aromatic carbocycles. The van der Waals surface area contributed by atoms with Gasteiger partial charge < -0.3 is 5.32 Å². The molecule has 1 atom stereocenters. The van der Waals surface area contributed by atoms with Crippen LogP contribution in [0.5, 0.6) is 0 Å². The maximum atomic E-state index is 13.1. The van der Waals surface area contributed by atoms with Crippen molar-refractivity contribution >= 4 is 26.6 Å². The van der Waals surface area contributed by atoms with Crippen LogP contribution in [0, 0.1) is 6.92 Å². The summed E-state index contributed by atoms with van der Waals surface area (Å²) in [7, 11) is -3.02. The fourth-order valence-electron chi connectivity index (χ4n) is 3.96. The number of aromatic nitrogens is 1. The van der Waals surface area contributed by atoms with Gasteiger partial charge in [0.05, 0.1) is 22.6 Å². The number of pyridine rings is 1. The Balaban J connectivity index is 1.79. The summed E-state index contributed by atoms with van der Waals surface area (Å²) >= 11 is 0. The second-order valence-electron chi connectivity index (χ2n) is 7.21. The largest absolute Gasteiger partial charge is 0.348 e. The summed E-state index contributed by atoms with van der Waals surface area (Å²) in [5, 5.41) is 3.84. The number of hydrogen-bond donors (Lipinski definition) is 1. The molecular formula is C19H22N2O3S. The zero-order valence-corrected chi connectivity index (χ0v) is 15.2. The van der Waals surface area contributed by atoms with Crippen molar-refractivity contribution in [1.29, 1.82) is 0 Å². The molecule has 1 fully saturated rings. The van der Waals surface area contributed by atoms with Crippen molar-refractivity contribution in [1.82, 2.24) is 10.3 Å². The summed E-state index contributed by atoms with van der Waals surface area (Å²) in [6.45, 7) is 2.00. The number of carbonyl (C=O) groups excluding carboxylic acids is 1. The maximum Gasteiger partial charge on any atom is 0.252 e. The summed E-state index contributed by atoms with van der Waals surface area (Å²) in [4.78, 5) is 17.9. The van der Waals surface area contributed by atoms with Gasteiger partial charge in [0.1, 0.15) is 0 Å². The maximum absolute atomic E-state index is 13.1. The van der Waals surface area contributed by atoms with E-state index in [1.54, 1.807) is 0 Å². The lowest BCUT2D eigenvalue weighted by atomic mass is 9.89. The van der Waals surface area contributed by atoms with E-state index in [0.717, 1.165) is 53.4 Å². The monoisotopic (exact) mass is 358 g/mol. The van der Waals surface area contributed by atoms with Gasteiger partial charge in [-0.25, -0.2) is 8.42 Å². The standard InChI is InChI=1S/C19H22N2O3S/c1-12-6-7-17-15(10-12)18(14-4-2-3-5-16(14)21-17)19(22)20-13-8-9-25(23,24)11-13/h6-7,10,13H,2-5,8-9,11H2,1H3,(H,20,22)/t13-/m1/s1. The SMILES string of the molecule is Cc1ccc2nc3c(c(C(=O)N[C@@H]4CCS(=O)(=O)C4)c2c1)CCCC3. The summed E-state index contributed by atoms with van der Waals surface area (Å²) in [6.07, 6.45) is 4.41. The van der Waals surface area contributed by atoms with Gasteiger partial charge in [-0.05, 0) is 56.7 Å². The van der Waals surface area contributed by atoms with Crippen molar-refractivity contribution in [2.45, 2.75) is 45.1 Å². The number of sulfone groups is 1. The van der Waals surface area contributed by atoms with Crippen molar-refractivity contribution in [3.8, 4) is 0 Å². The minimum absolute atomic E-state index is 0.0446. The predicted octanol–water partition coefficient (Wildman–Crippen LogP) is 2.34. The van der Waals surface area contributed by atoms with Crippen LogP contribution in [0.2, 0.25) is 0 Å². The van der Waals surface area contributed by atoms with E-state index in [4.69, 9.17) is 4.98 Å². The highest BCUT2D eigenvalue weighted by Gasteiger charge is 2.31. The molecule has 2 aromatic rings. The van der Waals surface area contributed by atoms with Crippen LogP contribution in [0.1, 0.15) is 46.4 Å². The van der Waals surface area contributed by atoms with Crippen molar-refractivity contribution in [3.63, 3.8) is 0 Å². The van der Waals surface area contributed by atoms with Gasteiger partial charge >= 0.3 is 0 Å². The first-order chi connectivity index (χ1) is 11.9. The van der Waals surface area contributed by atoms with E-state index < -0.39 is 9.84 Å². The average Bonchev–Trinajstić information content (AvgIpc) is 2.91. The molecule has 1 saturated heterocycles. The number of hydrogen-bond acceptors (Lipinski definition) is 4. The quantitative estimate of drug-likeness (QED) is 0.894. The molecule has 2 heterocycles. The summed E-state index contributed by atoms with van der Waals surface area (Å²) < 4.78 is 23.4. The van der Waals surface area contributed by atoms with E-state index in [2.05, 4.69) is 5.32 Å². The molecule has 1 aromatic heterocycles. The lowest BCUT2D eigenvalue weighted by Gasteiger charge is -2.21. The van der Waals surface area contributed by atoms with Gasteiger partial charge in [-0.3, -0.25) is 9.78 Å². The molecule has 0 bridgehead atoms. The lowest BCUT2D eigenvalue weighted by molar-refractivity contribution is 0.0941. The first-order valence-electron chi connectivity index (χ1n) is 8.86. The fraction of sp³-hybridized carbons (Fsp3) is 0.474. The van der Waals surface area contributed by atoms with Crippen LogP contribution < -0.4 is 5.32 Å². The van der Waals surface area contributed by atoms with Crippen LogP contribution >= 0.6 is 0 Å². The number of nitrogens with zero attached hydrogens (tertiary/aromatic N) is 1. The van der Waals surface area contributed by atoms with Crippen molar-refractivity contribution < 1.29 is 13.2 Å². The third-order valence-corrected chi connectivity index (χ3v) is 6.98. The van der Waals surface area contributed by atoms with E-state index >= 15 is 0 Å². The Labute approximate surface area is 147 Å². The van der Waals surface area contributed by atoms with Crippen LogP contribution in [0.4, 0.5) is 0 Å². The number of fused-ring (bicyclic) bond motifs is 2. The van der Waals surface area contributed by atoms with Gasteiger partial charge in [-0.15, -0.1) is 0 Å². The van der Waals surface area contributed by atoms with E-state index in [1.165, 1.54) is 0 Å². The van der Waals surface area contributed by atoms with Crippen LogP contribution in [0.15, 0.2) is 18.2 Å². The van der Waals surface area contributed by atoms with Crippen molar-refractivity contribution in [2.24, 2.45) is 0 Å². The zero-order valence-electron chi connectivity index (χ0n) is 14.3. The molecule has 1 amide bonds. The molecule has 0 spiro atoms. The first kappa shape index (κ1) is 16.5. The van der Waals surface area contributed by atoms with E-state index in [0.29, 0.717) is 12.0 Å². The van der Waals surface area contributed by atoms with Crippen molar-refractivity contribution in [2.75, 3.05) is 11.5 Å². The summed E-state index contributed by atoms with van der Waals surface area (Å²) in [5.74, 6) is 0.0492. The summed E-state index contributed by atoms with van der Waals surface area (Å²) in [6, 6.07) is 5.70. The third kappa shape index (κ3) is 3.15. The molecule has 0 unspecified atom stereocenters. The number of nitrogens with one attached hydrogen (secondary N) is 1. The van der Waals surface area contributed by atoms with Crippen LogP contribution in [-0.4, -0.2) is 36.9 Å². The first-order valence-corrected chi connectivity index (χ1v) is 10.7. The van der Waals surface area contributed by atoms with Crippen LogP contribution in [0.25, 0.3) is 10.9 Å². The van der Waals surface area contributed by atoms with Crippen LogP contribution in [-0.2, 0) is 22.7 Å². The zero-order chi connectivity index (χ0) is 17.6. The second-order valence-corrected chi connectivity index (χ2v) is 9.44. The predicted molar refractivity (Wildman–Crippen MR) is 97.6 cm³/mol.